The minimum absolute atomic E-state index is 0.100. The fraction of sp³-hybridized carbons (Fsp3) is 0.0952. The molecule has 8 nitrogen and oxygen atoms in total. The fourth-order valence-corrected chi connectivity index (χ4v) is 3.09. The lowest BCUT2D eigenvalue weighted by molar-refractivity contribution is -0.0583. The molecule has 4 rings (SSSR count). The van der Waals surface area contributed by atoms with Crippen LogP contribution in [0.15, 0.2) is 45.6 Å². The van der Waals surface area contributed by atoms with Crippen LogP contribution >= 0.6 is 0 Å². The maximum atomic E-state index is 12.6. The highest BCUT2D eigenvalue weighted by Crippen LogP contribution is 2.45. The zero-order valence-electron chi connectivity index (χ0n) is 15.1. The van der Waals surface area contributed by atoms with Gasteiger partial charge in [0.2, 0.25) is 6.29 Å². The molecule has 2 aromatic carbocycles. The van der Waals surface area contributed by atoms with Crippen LogP contribution in [0.2, 0.25) is 0 Å². The molecule has 1 aliphatic rings. The highest BCUT2D eigenvalue weighted by Gasteiger charge is 2.31. The highest BCUT2D eigenvalue weighted by molar-refractivity contribution is 5.78. The first kappa shape index (κ1) is 18.5. The van der Waals surface area contributed by atoms with E-state index in [1.807, 2.05) is 0 Å². The molecular weight excluding hydrogens is 380 g/mol. The number of rotatable bonds is 3. The topological polar surface area (TPSA) is 130 Å². The van der Waals surface area contributed by atoms with Gasteiger partial charge in [-0.3, -0.25) is 0 Å². The Morgan fingerprint density at radius 3 is 2.38 bits per heavy atom. The van der Waals surface area contributed by atoms with E-state index in [2.05, 4.69) is 0 Å². The predicted molar refractivity (Wildman–Crippen MR) is 103 cm³/mol. The van der Waals surface area contributed by atoms with E-state index >= 15 is 0 Å². The maximum Gasteiger partial charge on any atom is 0.347 e. The van der Waals surface area contributed by atoms with Crippen LogP contribution in [0.5, 0.6) is 28.7 Å². The SMILES string of the molecule is COC1Oc2cc(/C=C/c3ccc(O)c(O)c3)oc(=O)c2-c2cc(O)c(O)cc21. The third kappa shape index (κ3) is 3.26. The normalized spacial score (nSPS) is 15.0. The third-order valence-electron chi connectivity index (χ3n) is 4.49. The van der Waals surface area contributed by atoms with Gasteiger partial charge in [0.25, 0.3) is 0 Å². The second kappa shape index (κ2) is 6.92. The first-order chi connectivity index (χ1) is 13.9. The molecule has 0 aliphatic carbocycles. The van der Waals surface area contributed by atoms with Crippen LogP contribution in [0.3, 0.4) is 0 Å². The van der Waals surface area contributed by atoms with Crippen molar-refractivity contribution in [2.45, 2.75) is 6.29 Å². The van der Waals surface area contributed by atoms with Crippen LogP contribution < -0.4 is 10.4 Å². The average Bonchev–Trinajstić information content (AvgIpc) is 2.69. The molecule has 0 saturated carbocycles. The summed E-state index contributed by atoms with van der Waals surface area (Å²) in [5, 5.41) is 38.5. The molecule has 29 heavy (non-hydrogen) atoms. The third-order valence-corrected chi connectivity index (χ3v) is 4.49. The average molecular weight is 396 g/mol. The summed E-state index contributed by atoms with van der Waals surface area (Å²) in [6, 6.07) is 8.28. The lowest BCUT2D eigenvalue weighted by Gasteiger charge is -2.27. The Kier molecular flexibility index (Phi) is 4.40. The molecule has 8 heteroatoms. The van der Waals surface area contributed by atoms with Crippen molar-refractivity contribution in [2.24, 2.45) is 0 Å². The summed E-state index contributed by atoms with van der Waals surface area (Å²) in [5.41, 5.74) is 0.688. The first-order valence-electron chi connectivity index (χ1n) is 8.51. The quantitative estimate of drug-likeness (QED) is 0.496. The molecule has 1 atom stereocenters. The van der Waals surface area contributed by atoms with Gasteiger partial charge in [-0.2, -0.15) is 0 Å². The molecule has 148 valence electrons. The lowest BCUT2D eigenvalue weighted by atomic mass is 9.96. The summed E-state index contributed by atoms with van der Waals surface area (Å²) in [4.78, 5) is 12.6. The molecule has 0 saturated heterocycles. The number of hydrogen-bond donors (Lipinski definition) is 4. The molecule has 0 radical (unpaired) electrons. The Morgan fingerprint density at radius 1 is 0.931 bits per heavy atom. The number of aromatic hydroxyl groups is 4. The molecule has 2 heterocycles. The van der Waals surface area contributed by atoms with Crippen LogP contribution in [0.1, 0.15) is 23.2 Å². The van der Waals surface area contributed by atoms with E-state index in [9.17, 15) is 25.2 Å². The zero-order chi connectivity index (χ0) is 20.7. The predicted octanol–water partition coefficient (Wildman–Crippen LogP) is 3.34. The summed E-state index contributed by atoms with van der Waals surface area (Å²) in [5.74, 6) is -0.887. The second-order valence-corrected chi connectivity index (χ2v) is 6.37. The molecule has 0 bridgehead atoms. The van der Waals surface area contributed by atoms with E-state index < -0.39 is 11.9 Å². The van der Waals surface area contributed by atoms with E-state index in [4.69, 9.17) is 13.9 Å². The van der Waals surface area contributed by atoms with Gasteiger partial charge in [-0.25, -0.2) is 4.79 Å². The van der Waals surface area contributed by atoms with E-state index in [1.165, 1.54) is 43.5 Å². The van der Waals surface area contributed by atoms with Gasteiger partial charge < -0.3 is 34.3 Å². The summed E-state index contributed by atoms with van der Waals surface area (Å²) in [6.45, 7) is 0. The number of fused-ring (bicyclic) bond motifs is 3. The maximum absolute atomic E-state index is 12.6. The standard InChI is InChI=1S/C21H16O8/c1-27-21-13-9-17(25)16(24)8-12(13)19-18(29-21)7-11(28-20(19)26)4-2-10-3-5-14(22)15(23)6-10/h2-9,21-25H,1H3/b4-2+. The van der Waals surface area contributed by atoms with Gasteiger partial charge in [-0.1, -0.05) is 12.1 Å². The van der Waals surface area contributed by atoms with E-state index in [0.29, 0.717) is 16.7 Å². The van der Waals surface area contributed by atoms with Gasteiger partial charge in [0.15, 0.2) is 23.0 Å². The Balaban J connectivity index is 1.78. The molecule has 1 aromatic heterocycles. The van der Waals surface area contributed by atoms with Crippen LogP contribution in [-0.2, 0) is 4.74 Å². The van der Waals surface area contributed by atoms with E-state index in [1.54, 1.807) is 12.1 Å². The molecule has 1 aliphatic heterocycles. The minimum Gasteiger partial charge on any atom is -0.504 e. The molecule has 0 spiro atoms. The van der Waals surface area contributed by atoms with Gasteiger partial charge in [0.1, 0.15) is 17.1 Å². The number of methoxy groups -OCH3 is 1. The van der Waals surface area contributed by atoms with E-state index in [-0.39, 0.29) is 40.1 Å². The number of ether oxygens (including phenoxy) is 2. The fourth-order valence-electron chi connectivity index (χ4n) is 3.09. The number of hydrogen-bond acceptors (Lipinski definition) is 8. The highest BCUT2D eigenvalue weighted by atomic mass is 16.7. The van der Waals surface area contributed by atoms with Gasteiger partial charge in [-0.15, -0.1) is 0 Å². The Morgan fingerprint density at radius 2 is 1.66 bits per heavy atom. The largest absolute Gasteiger partial charge is 0.504 e. The van der Waals surface area contributed by atoms with Crippen molar-refractivity contribution in [1.82, 2.24) is 0 Å². The summed E-state index contributed by atoms with van der Waals surface area (Å²) < 4.78 is 16.3. The van der Waals surface area contributed by atoms with Crippen molar-refractivity contribution in [3.63, 3.8) is 0 Å². The smallest absolute Gasteiger partial charge is 0.347 e. The number of phenolic OH excluding ortho intramolecular Hbond substituents is 4. The van der Waals surface area contributed by atoms with E-state index in [0.717, 1.165) is 0 Å². The number of benzene rings is 2. The van der Waals surface area contributed by atoms with Crippen LogP contribution in [0.25, 0.3) is 23.3 Å². The Bertz CT molecular complexity index is 1190. The van der Waals surface area contributed by atoms with Gasteiger partial charge in [0, 0.05) is 24.3 Å². The van der Waals surface area contributed by atoms with Crippen LogP contribution in [-0.4, -0.2) is 27.5 Å². The molecule has 0 fully saturated rings. The molecule has 3 aromatic rings. The van der Waals surface area contributed by atoms with Gasteiger partial charge in [0.05, 0.1) is 0 Å². The summed E-state index contributed by atoms with van der Waals surface area (Å²) in [6.07, 6.45) is 2.19. The van der Waals surface area contributed by atoms with Gasteiger partial charge in [-0.05, 0) is 35.9 Å². The molecule has 1 unspecified atom stereocenters. The van der Waals surface area contributed by atoms with Gasteiger partial charge >= 0.3 is 5.63 Å². The van der Waals surface area contributed by atoms with Crippen molar-refractivity contribution in [3.05, 3.63) is 63.7 Å². The number of phenols is 4. The lowest BCUT2D eigenvalue weighted by Crippen LogP contribution is -2.20. The van der Waals surface area contributed by atoms with Crippen molar-refractivity contribution in [1.29, 1.82) is 0 Å². The molecule has 0 amide bonds. The molecule has 4 N–H and O–H groups in total. The first-order valence-corrected chi connectivity index (χ1v) is 8.51. The Labute approximate surface area is 164 Å². The monoisotopic (exact) mass is 396 g/mol. The minimum atomic E-state index is -0.892. The van der Waals surface area contributed by atoms with Crippen molar-refractivity contribution >= 4 is 12.2 Å². The van der Waals surface area contributed by atoms with Crippen molar-refractivity contribution in [3.8, 4) is 39.9 Å². The Hall–Kier alpha value is -3.91. The summed E-state index contributed by atoms with van der Waals surface area (Å²) >= 11 is 0. The van der Waals surface area contributed by atoms with Crippen molar-refractivity contribution < 1.29 is 34.3 Å². The van der Waals surface area contributed by atoms with Crippen LogP contribution in [0.4, 0.5) is 0 Å². The van der Waals surface area contributed by atoms with Crippen LogP contribution in [0, 0.1) is 0 Å². The molecular formula is C21H16O8. The second-order valence-electron chi connectivity index (χ2n) is 6.37. The summed E-state index contributed by atoms with van der Waals surface area (Å²) in [7, 11) is 1.41. The van der Waals surface area contributed by atoms with Crippen molar-refractivity contribution in [2.75, 3.05) is 7.11 Å². The zero-order valence-corrected chi connectivity index (χ0v) is 15.1.